The Morgan fingerprint density at radius 3 is 2.24 bits per heavy atom. The van der Waals surface area contributed by atoms with E-state index in [0.717, 1.165) is 28.7 Å². The standard InChI is InChI=1S/C26H31N3O5/c1-29(2)14-23(24(30)27-22-13-7-12-20(22)25(31)32)28-26(33)34-15-21-18-10-5-3-8-16(18)17-9-4-6-11-19(17)21/h3-6,8-11,20-23H,7,12-15H2,1-2H3,(H,27,30)(H,28,33)(H,31,32)/t20-,22+,23-/m0/s1. The van der Waals surface area contributed by atoms with Crippen LogP contribution in [0.15, 0.2) is 48.5 Å². The smallest absolute Gasteiger partial charge is 0.407 e. The van der Waals surface area contributed by atoms with Gasteiger partial charge in [0.05, 0.1) is 5.92 Å². The van der Waals surface area contributed by atoms with Crippen LogP contribution >= 0.6 is 0 Å². The molecule has 2 amide bonds. The summed E-state index contributed by atoms with van der Waals surface area (Å²) >= 11 is 0. The summed E-state index contributed by atoms with van der Waals surface area (Å²) in [5.74, 6) is -1.98. The minimum Gasteiger partial charge on any atom is -0.481 e. The lowest BCUT2D eigenvalue weighted by atomic mass is 9.98. The van der Waals surface area contributed by atoms with Crippen molar-refractivity contribution in [1.82, 2.24) is 15.5 Å². The molecule has 0 aromatic heterocycles. The number of carbonyl (C=O) groups excluding carboxylic acids is 2. The monoisotopic (exact) mass is 465 g/mol. The maximum Gasteiger partial charge on any atom is 0.407 e. The summed E-state index contributed by atoms with van der Waals surface area (Å²) in [5.41, 5.74) is 4.50. The van der Waals surface area contributed by atoms with Gasteiger partial charge < -0.3 is 25.4 Å². The Balaban J connectivity index is 1.40. The van der Waals surface area contributed by atoms with Gasteiger partial charge in [0.15, 0.2) is 0 Å². The highest BCUT2D eigenvalue weighted by molar-refractivity contribution is 5.87. The van der Waals surface area contributed by atoms with Crippen molar-refractivity contribution in [3.05, 3.63) is 59.7 Å². The van der Waals surface area contributed by atoms with E-state index < -0.39 is 36.0 Å². The fourth-order valence-electron chi connectivity index (χ4n) is 5.05. The molecule has 8 nitrogen and oxygen atoms in total. The highest BCUT2D eigenvalue weighted by Crippen LogP contribution is 2.44. The van der Waals surface area contributed by atoms with Crippen LogP contribution in [0.1, 0.15) is 36.3 Å². The molecule has 3 atom stereocenters. The van der Waals surface area contributed by atoms with Gasteiger partial charge in [-0.3, -0.25) is 9.59 Å². The van der Waals surface area contributed by atoms with Crippen LogP contribution in [0.2, 0.25) is 0 Å². The zero-order valence-electron chi connectivity index (χ0n) is 19.5. The topological polar surface area (TPSA) is 108 Å². The summed E-state index contributed by atoms with van der Waals surface area (Å²) in [5, 5.41) is 14.9. The first kappa shape index (κ1) is 23.8. The van der Waals surface area contributed by atoms with E-state index in [1.54, 1.807) is 19.0 Å². The first-order chi connectivity index (χ1) is 16.3. The number of carboxylic acids is 1. The third-order valence-corrected chi connectivity index (χ3v) is 6.66. The van der Waals surface area contributed by atoms with Crippen molar-refractivity contribution in [3.63, 3.8) is 0 Å². The number of alkyl carbamates (subject to hydrolysis) is 1. The predicted molar refractivity (Wildman–Crippen MR) is 127 cm³/mol. The van der Waals surface area contributed by atoms with Crippen LogP contribution in [0.25, 0.3) is 11.1 Å². The lowest BCUT2D eigenvalue weighted by Gasteiger charge is -2.25. The Hall–Kier alpha value is -3.39. The molecule has 8 heteroatoms. The van der Waals surface area contributed by atoms with Crippen LogP contribution in [0.5, 0.6) is 0 Å². The van der Waals surface area contributed by atoms with Gasteiger partial charge in [-0.2, -0.15) is 0 Å². The molecule has 34 heavy (non-hydrogen) atoms. The van der Waals surface area contributed by atoms with E-state index in [9.17, 15) is 19.5 Å². The molecule has 2 aliphatic rings. The molecule has 0 bridgehead atoms. The third-order valence-electron chi connectivity index (χ3n) is 6.66. The van der Waals surface area contributed by atoms with Crippen LogP contribution in [-0.4, -0.2) is 67.3 Å². The molecule has 1 fully saturated rings. The minimum absolute atomic E-state index is 0.0749. The first-order valence-corrected chi connectivity index (χ1v) is 11.6. The van der Waals surface area contributed by atoms with Gasteiger partial charge in [0.25, 0.3) is 0 Å². The second kappa shape index (κ2) is 10.3. The van der Waals surface area contributed by atoms with Crippen molar-refractivity contribution in [1.29, 1.82) is 0 Å². The van der Waals surface area contributed by atoms with Gasteiger partial charge in [-0.05, 0) is 49.2 Å². The quantitative estimate of drug-likeness (QED) is 0.553. The molecule has 0 saturated heterocycles. The summed E-state index contributed by atoms with van der Waals surface area (Å²) < 4.78 is 5.59. The molecular weight excluding hydrogens is 434 g/mol. The van der Waals surface area contributed by atoms with Gasteiger partial charge in [-0.25, -0.2) is 4.79 Å². The molecule has 1 saturated carbocycles. The van der Waals surface area contributed by atoms with Gasteiger partial charge in [0.2, 0.25) is 5.91 Å². The van der Waals surface area contributed by atoms with Gasteiger partial charge in [0, 0.05) is 18.5 Å². The number of carbonyl (C=O) groups is 3. The highest BCUT2D eigenvalue weighted by atomic mass is 16.5. The second-order valence-corrected chi connectivity index (χ2v) is 9.28. The van der Waals surface area contributed by atoms with Gasteiger partial charge in [-0.15, -0.1) is 0 Å². The van der Waals surface area contributed by atoms with Crippen LogP contribution in [-0.2, 0) is 14.3 Å². The molecule has 0 spiro atoms. The Kier molecular flexibility index (Phi) is 7.17. The SMILES string of the molecule is CN(C)C[C@H](NC(=O)OCC1c2ccccc2-c2ccccc21)C(=O)N[C@@H]1CCC[C@@H]1C(=O)O. The number of ether oxygens (including phenoxy) is 1. The minimum atomic E-state index is -0.906. The van der Waals surface area contributed by atoms with Crippen molar-refractivity contribution in [2.45, 2.75) is 37.3 Å². The second-order valence-electron chi connectivity index (χ2n) is 9.28. The van der Waals surface area contributed by atoms with Crippen molar-refractivity contribution in [2.75, 3.05) is 27.2 Å². The molecule has 4 rings (SSSR count). The highest BCUT2D eigenvalue weighted by Gasteiger charge is 2.36. The molecule has 0 unspecified atom stereocenters. The number of fused-ring (bicyclic) bond motifs is 3. The zero-order valence-corrected chi connectivity index (χ0v) is 19.5. The van der Waals surface area contributed by atoms with E-state index in [0.29, 0.717) is 12.8 Å². The maximum atomic E-state index is 12.9. The fraction of sp³-hybridized carbons (Fsp3) is 0.423. The lowest BCUT2D eigenvalue weighted by molar-refractivity contribution is -0.142. The molecule has 180 valence electrons. The average Bonchev–Trinajstić information content (AvgIpc) is 3.39. The third kappa shape index (κ3) is 5.07. The van der Waals surface area contributed by atoms with Crippen molar-refractivity contribution in [2.24, 2.45) is 5.92 Å². The molecule has 2 aliphatic carbocycles. The number of nitrogens with zero attached hydrogens (tertiary/aromatic N) is 1. The lowest BCUT2D eigenvalue weighted by Crippen LogP contribution is -2.54. The van der Waals surface area contributed by atoms with Crippen LogP contribution in [0, 0.1) is 5.92 Å². The van der Waals surface area contributed by atoms with E-state index in [-0.39, 0.29) is 19.1 Å². The van der Waals surface area contributed by atoms with Crippen molar-refractivity contribution >= 4 is 18.0 Å². The van der Waals surface area contributed by atoms with Gasteiger partial charge in [0.1, 0.15) is 12.6 Å². The normalized spacial score (nSPS) is 19.9. The van der Waals surface area contributed by atoms with Crippen molar-refractivity contribution in [3.8, 4) is 11.1 Å². The Labute approximate surface area is 199 Å². The number of hydrogen-bond acceptors (Lipinski definition) is 5. The summed E-state index contributed by atoms with van der Waals surface area (Å²) in [6.45, 7) is 0.417. The number of amides is 2. The molecule has 3 N–H and O–H groups in total. The summed E-state index contributed by atoms with van der Waals surface area (Å²) in [7, 11) is 3.60. The number of nitrogens with one attached hydrogen (secondary N) is 2. The molecule has 0 radical (unpaired) electrons. The predicted octanol–water partition coefficient (Wildman–Crippen LogP) is 2.82. The van der Waals surface area contributed by atoms with Gasteiger partial charge >= 0.3 is 12.1 Å². The number of carboxylic acid groups (broad SMARTS) is 1. The Morgan fingerprint density at radius 2 is 1.65 bits per heavy atom. The van der Waals surface area contributed by atoms with E-state index in [1.807, 2.05) is 36.4 Å². The number of benzene rings is 2. The maximum absolute atomic E-state index is 12.9. The summed E-state index contributed by atoms with van der Waals surface area (Å²) in [4.78, 5) is 38.9. The largest absolute Gasteiger partial charge is 0.481 e. The average molecular weight is 466 g/mol. The van der Waals surface area contributed by atoms with E-state index >= 15 is 0 Å². The Morgan fingerprint density at radius 1 is 1.03 bits per heavy atom. The van der Waals surface area contributed by atoms with E-state index in [1.165, 1.54) is 0 Å². The van der Waals surface area contributed by atoms with Gasteiger partial charge in [-0.1, -0.05) is 55.0 Å². The molecule has 0 aliphatic heterocycles. The molecule has 2 aromatic rings. The van der Waals surface area contributed by atoms with Crippen molar-refractivity contribution < 1.29 is 24.2 Å². The van der Waals surface area contributed by atoms with E-state index in [4.69, 9.17) is 4.74 Å². The molecule has 0 heterocycles. The number of hydrogen-bond donors (Lipinski definition) is 3. The summed E-state index contributed by atoms with van der Waals surface area (Å²) in [6.07, 6.45) is 1.23. The number of rotatable bonds is 8. The van der Waals surface area contributed by atoms with Crippen LogP contribution in [0.3, 0.4) is 0 Å². The zero-order chi connectivity index (χ0) is 24.2. The Bertz CT molecular complexity index is 1020. The number of aliphatic carboxylic acids is 1. The van der Waals surface area contributed by atoms with E-state index in [2.05, 4.69) is 22.8 Å². The summed E-state index contributed by atoms with van der Waals surface area (Å²) in [6, 6.07) is 14.9. The molecule has 2 aromatic carbocycles. The fourth-order valence-corrected chi connectivity index (χ4v) is 5.05. The first-order valence-electron chi connectivity index (χ1n) is 11.6. The van der Waals surface area contributed by atoms with Crippen LogP contribution in [0.4, 0.5) is 4.79 Å². The number of likely N-dealkylation sites (N-methyl/N-ethyl adjacent to an activating group) is 1. The van der Waals surface area contributed by atoms with Crippen LogP contribution < -0.4 is 10.6 Å². The molecular formula is C26H31N3O5.